The van der Waals surface area contributed by atoms with Gasteiger partial charge in [-0.25, -0.2) is 4.98 Å². The van der Waals surface area contributed by atoms with E-state index in [9.17, 15) is 0 Å². The first-order valence-corrected chi connectivity index (χ1v) is 7.40. The molecule has 1 aromatic carbocycles. The normalized spacial score (nSPS) is 12.6. The Morgan fingerprint density at radius 3 is 2.80 bits per heavy atom. The van der Waals surface area contributed by atoms with Crippen LogP contribution in [0.15, 0.2) is 24.5 Å². The maximum atomic E-state index is 6.28. The van der Waals surface area contributed by atoms with Gasteiger partial charge in [0.25, 0.3) is 0 Å². The van der Waals surface area contributed by atoms with E-state index >= 15 is 0 Å². The molecule has 0 aliphatic heterocycles. The molecule has 1 heterocycles. The van der Waals surface area contributed by atoms with Gasteiger partial charge in [0.05, 0.1) is 0 Å². The minimum Gasteiger partial charge on any atom is -0.313 e. The molecule has 0 fully saturated rings. The lowest BCUT2D eigenvalue weighted by Gasteiger charge is -2.18. The Morgan fingerprint density at radius 2 is 2.15 bits per heavy atom. The van der Waals surface area contributed by atoms with Gasteiger partial charge in [-0.15, -0.1) is 0 Å². The van der Waals surface area contributed by atoms with Gasteiger partial charge in [-0.05, 0) is 31.2 Å². The summed E-state index contributed by atoms with van der Waals surface area (Å²) in [6, 6.07) is 5.65. The fraction of sp³-hybridized carbons (Fsp3) is 0.429. The molecule has 0 amide bonds. The van der Waals surface area contributed by atoms with Crippen LogP contribution >= 0.6 is 23.2 Å². The second kappa shape index (κ2) is 7.07. The predicted molar refractivity (Wildman–Crippen MR) is 82.3 cm³/mol. The summed E-state index contributed by atoms with van der Waals surface area (Å²) in [5.41, 5.74) is 1.02. The summed E-state index contributed by atoms with van der Waals surface area (Å²) in [6.07, 6.45) is 3.36. The van der Waals surface area contributed by atoms with Gasteiger partial charge in [0.2, 0.25) is 0 Å². The maximum Gasteiger partial charge on any atom is 0.138 e. The van der Waals surface area contributed by atoms with Gasteiger partial charge in [0.1, 0.15) is 12.2 Å². The number of nitrogens with zero attached hydrogens (tertiary/aromatic N) is 3. The summed E-state index contributed by atoms with van der Waals surface area (Å²) >= 11 is 12.2. The maximum absolute atomic E-state index is 6.28. The minimum absolute atomic E-state index is 0.0829. The van der Waals surface area contributed by atoms with Crippen LogP contribution in [0.2, 0.25) is 10.0 Å². The molecule has 0 saturated carbocycles. The Morgan fingerprint density at radius 1 is 1.35 bits per heavy atom. The number of aromatic nitrogens is 3. The number of likely N-dealkylation sites (N-methyl/N-ethyl adjacent to an activating group) is 1. The van der Waals surface area contributed by atoms with E-state index < -0.39 is 0 Å². The van der Waals surface area contributed by atoms with Gasteiger partial charge in [0, 0.05) is 29.1 Å². The Hall–Kier alpha value is -1.10. The Kier molecular flexibility index (Phi) is 5.40. The largest absolute Gasteiger partial charge is 0.313 e. The fourth-order valence-electron chi connectivity index (χ4n) is 2.18. The van der Waals surface area contributed by atoms with E-state index in [4.69, 9.17) is 23.2 Å². The Labute approximate surface area is 129 Å². The van der Waals surface area contributed by atoms with E-state index in [1.165, 1.54) is 0 Å². The number of rotatable bonds is 6. The lowest BCUT2D eigenvalue weighted by Crippen LogP contribution is -2.21. The molecule has 0 saturated heterocycles. The number of nitrogens with one attached hydrogen (secondary N) is 1. The van der Waals surface area contributed by atoms with Crippen molar-refractivity contribution in [3.63, 3.8) is 0 Å². The predicted octanol–water partition coefficient (Wildman–Crippen LogP) is 3.50. The van der Waals surface area contributed by atoms with E-state index in [-0.39, 0.29) is 6.04 Å². The van der Waals surface area contributed by atoms with Crippen molar-refractivity contribution in [2.24, 2.45) is 0 Å². The highest BCUT2D eigenvalue weighted by molar-refractivity contribution is 6.35. The van der Waals surface area contributed by atoms with E-state index in [2.05, 4.69) is 22.3 Å². The van der Waals surface area contributed by atoms with E-state index in [1.54, 1.807) is 12.4 Å². The standard InChI is InChI=1S/C14H18Cl2N4/c1-3-6-20-14(18-9-19-20)8-13(17-2)11-5-4-10(15)7-12(11)16/h4-5,7,9,13,17H,3,6,8H2,1-2H3. The minimum atomic E-state index is 0.0829. The molecule has 20 heavy (non-hydrogen) atoms. The van der Waals surface area contributed by atoms with Crippen molar-refractivity contribution in [3.05, 3.63) is 46.0 Å². The van der Waals surface area contributed by atoms with Crippen molar-refractivity contribution < 1.29 is 0 Å². The average Bonchev–Trinajstić information content (AvgIpc) is 2.84. The van der Waals surface area contributed by atoms with Crippen LogP contribution < -0.4 is 5.32 Å². The van der Waals surface area contributed by atoms with Crippen LogP contribution in [-0.4, -0.2) is 21.8 Å². The third-order valence-corrected chi connectivity index (χ3v) is 3.77. The second-order valence-electron chi connectivity index (χ2n) is 4.61. The zero-order chi connectivity index (χ0) is 14.5. The molecule has 2 rings (SSSR count). The summed E-state index contributed by atoms with van der Waals surface area (Å²) in [4.78, 5) is 4.34. The van der Waals surface area contributed by atoms with Crippen molar-refractivity contribution >= 4 is 23.2 Å². The van der Waals surface area contributed by atoms with Crippen LogP contribution in [0.1, 0.15) is 30.8 Å². The highest BCUT2D eigenvalue weighted by Crippen LogP contribution is 2.27. The molecule has 4 nitrogen and oxygen atoms in total. The Bertz CT molecular complexity index is 568. The smallest absolute Gasteiger partial charge is 0.138 e. The lowest BCUT2D eigenvalue weighted by molar-refractivity contribution is 0.517. The molecule has 1 unspecified atom stereocenters. The number of benzene rings is 1. The van der Waals surface area contributed by atoms with Crippen molar-refractivity contribution in [3.8, 4) is 0 Å². The highest BCUT2D eigenvalue weighted by atomic mass is 35.5. The van der Waals surface area contributed by atoms with Gasteiger partial charge >= 0.3 is 0 Å². The van der Waals surface area contributed by atoms with Crippen molar-refractivity contribution in [1.82, 2.24) is 20.1 Å². The number of aryl methyl sites for hydroxylation is 1. The molecule has 0 bridgehead atoms. The molecular formula is C14H18Cl2N4. The van der Waals surface area contributed by atoms with Gasteiger partial charge in [-0.2, -0.15) is 5.10 Å². The molecule has 1 N–H and O–H groups in total. The monoisotopic (exact) mass is 312 g/mol. The lowest BCUT2D eigenvalue weighted by atomic mass is 10.0. The molecule has 108 valence electrons. The summed E-state index contributed by atoms with van der Waals surface area (Å²) in [6.45, 7) is 3.00. The van der Waals surface area contributed by atoms with E-state index in [1.807, 2.05) is 23.9 Å². The van der Waals surface area contributed by atoms with Crippen LogP contribution in [0.5, 0.6) is 0 Å². The van der Waals surface area contributed by atoms with Gasteiger partial charge in [-0.3, -0.25) is 4.68 Å². The van der Waals surface area contributed by atoms with Crippen LogP contribution in [0.25, 0.3) is 0 Å². The average molecular weight is 313 g/mol. The summed E-state index contributed by atoms with van der Waals surface area (Å²) < 4.78 is 1.94. The van der Waals surface area contributed by atoms with Crippen molar-refractivity contribution in [1.29, 1.82) is 0 Å². The summed E-state index contributed by atoms with van der Waals surface area (Å²) in [5, 5.41) is 8.83. The van der Waals surface area contributed by atoms with E-state index in [0.29, 0.717) is 10.0 Å². The summed E-state index contributed by atoms with van der Waals surface area (Å²) in [5.74, 6) is 0.956. The first-order chi connectivity index (χ1) is 9.65. The molecule has 0 spiro atoms. The molecule has 1 atom stereocenters. The van der Waals surface area contributed by atoms with Crippen LogP contribution in [-0.2, 0) is 13.0 Å². The van der Waals surface area contributed by atoms with Crippen LogP contribution in [0.4, 0.5) is 0 Å². The molecule has 0 radical (unpaired) electrons. The molecule has 6 heteroatoms. The molecule has 1 aromatic heterocycles. The Balaban J connectivity index is 2.22. The molecule has 0 aliphatic rings. The van der Waals surface area contributed by atoms with Gasteiger partial charge in [-0.1, -0.05) is 36.2 Å². The highest BCUT2D eigenvalue weighted by Gasteiger charge is 2.17. The van der Waals surface area contributed by atoms with Crippen molar-refractivity contribution in [2.45, 2.75) is 32.4 Å². The SMILES string of the molecule is CCCn1ncnc1CC(NC)c1ccc(Cl)cc1Cl. The molecular weight excluding hydrogens is 295 g/mol. The molecule has 2 aromatic rings. The third kappa shape index (κ3) is 3.51. The summed E-state index contributed by atoms with van der Waals surface area (Å²) in [7, 11) is 1.91. The number of hydrogen-bond acceptors (Lipinski definition) is 3. The molecule has 0 aliphatic carbocycles. The van der Waals surface area contributed by atoms with Crippen LogP contribution in [0.3, 0.4) is 0 Å². The first-order valence-electron chi connectivity index (χ1n) is 6.64. The third-order valence-electron chi connectivity index (χ3n) is 3.20. The van der Waals surface area contributed by atoms with Gasteiger partial charge in [0.15, 0.2) is 0 Å². The van der Waals surface area contributed by atoms with Crippen LogP contribution in [0, 0.1) is 0 Å². The zero-order valence-electron chi connectivity index (χ0n) is 11.6. The quantitative estimate of drug-likeness (QED) is 0.887. The van der Waals surface area contributed by atoms with Crippen molar-refractivity contribution in [2.75, 3.05) is 7.05 Å². The van der Waals surface area contributed by atoms with E-state index in [0.717, 1.165) is 30.8 Å². The topological polar surface area (TPSA) is 42.7 Å². The number of halogens is 2. The van der Waals surface area contributed by atoms with Gasteiger partial charge < -0.3 is 5.32 Å². The number of hydrogen-bond donors (Lipinski definition) is 1. The first kappa shape index (κ1) is 15.3. The zero-order valence-corrected chi connectivity index (χ0v) is 13.1. The second-order valence-corrected chi connectivity index (χ2v) is 5.45. The fourth-order valence-corrected chi connectivity index (χ4v) is 2.72.